The Morgan fingerprint density at radius 3 is 2.50 bits per heavy atom. The van der Waals surface area contributed by atoms with Gasteiger partial charge in [0.1, 0.15) is 17.4 Å². The molecule has 2 aliphatic rings. The summed E-state index contributed by atoms with van der Waals surface area (Å²) in [5.74, 6) is 0.189. The first-order valence-corrected chi connectivity index (χ1v) is 11.4. The first kappa shape index (κ1) is 23.9. The maximum atomic E-state index is 12.4. The fourth-order valence-electron chi connectivity index (χ4n) is 4.48. The van der Waals surface area contributed by atoms with Gasteiger partial charge in [0.05, 0.1) is 24.9 Å². The first-order valence-electron chi connectivity index (χ1n) is 11.4. The predicted octanol–water partition coefficient (Wildman–Crippen LogP) is 3.68. The van der Waals surface area contributed by atoms with E-state index in [0.717, 1.165) is 42.9 Å². The summed E-state index contributed by atoms with van der Waals surface area (Å²) < 4.78 is 51.8. The zero-order chi connectivity index (χ0) is 25.3. The summed E-state index contributed by atoms with van der Waals surface area (Å²) in [6.07, 6.45) is -3.86. The van der Waals surface area contributed by atoms with Crippen molar-refractivity contribution in [3.05, 3.63) is 48.7 Å². The number of alkyl halides is 3. The number of halogens is 3. The Balaban J connectivity index is 1.17. The topological polar surface area (TPSA) is 80.3 Å². The number of benzene rings is 1. The average Bonchev–Trinajstić information content (AvgIpc) is 3.23. The first-order chi connectivity index (χ1) is 17.3. The van der Waals surface area contributed by atoms with Gasteiger partial charge in [0.15, 0.2) is 0 Å². The van der Waals surface area contributed by atoms with Gasteiger partial charge in [-0.3, -0.25) is 14.8 Å². The number of carbonyl (C=O) groups is 1. The Bertz CT molecular complexity index is 1230. The van der Waals surface area contributed by atoms with Crippen molar-refractivity contribution in [1.29, 1.82) is 0 Å². The number of hydrogen-bond donors (Lipinski definition) is 0. The lowest BCUT2D eigenvalue weighted by Gasteiger charge is -2.36. The van der Waals surface area contributed by atoms with Gasteiger partial charge in [0.25, 0.3) is 0 Å². The van der Waals surface area contributed by atoms with Crippen molar-refractivity contribution < 1.29 is 32.2 Å². The number of methoxy groups -OCH3 is 1. The highest BCUT2D eigenvalue weighted by Gasteiger charge is 2.35. The Kier molecular flexibility index (Phi) is 6.44. The van der Waals surface area contributed by atoms with E-state index in [-0.39, 0.29) is 11.9 Å². The molecule has 12 heteroatoms. The highest BCUT2D eigenvalue weighted by molar-refractivity contribution is 5.90. The molecule has 36 heavy (non-hydrogen) atoms. The summed E-state index contributed by atoms with van der Waals surface area (Å²) in [5.41, 5.74) is 3.04. The molecule has 2 aliphatic heterocycles. The third-order valence-electron chi connectivity index (χ3n) is 6.18. The second-order valence-corrected chi connectivity index (χ2v) is 8.50. The number of cyclic esters (lactones) is 1. The van der Waals surface area contributed by atoms with E-state index in [1.54, 1.807) is 19.4 Å². The number of nitrogens with zero attached hydrogens (tertiary/aromatic N) is 5. The fourth-order valence-corrected chi connectivity index (χ4v) is 4.48. The molecule has 190 valence electrons. The van der Waals surface area contributed by atoms with Crippen LogP contribution in [-0.4, -0.2) is 79.8 Å². The number of carbonyl (C=O) groups excluding carboxylic acids is 1. The number of aromatic nitrogens is 2. The molecule has 1 atom stereocenters. The van der Waals surface area contributed by atoms with Gasteiger partial charge in [-0.05, 0) is 36.4 Å². The van der Waals surface area contributed by atoms with Crippen LogP contribution in [0.3, 0.4) is 0 Å². The molecule has 3 aromatic rings. The zero-order valence-corrected chi connectivity index (χ0v) is 19.4. The molecule has 0 aliphatic carbocycles. The Hall–Kier alpha value is -3.80. The quantitative estimate of drug-likeness (QED) is 0.504. The van der Waals surface area contributed by atoms with Gasteiger partial charge in [-0.2, -0.15) is 0 Å². The van der Waals surface area contributed by atoms with Crippen LogP contribution < -0.4 is 19.3 Å². The van der Waals surface area contributed by atoms with E-state index in [1.807, 2.05) is 12.1 Å². The molecule has 4 heterocycles. The molecule has 2 saturated heterocycles. The molecule has 2 fully saturated rings. The highest BCUT2D eigenvalue weighted by atomic mass is 19.4. The highest BCUT2D eigenvalue weighted by Crippen LogP contribution is 2.29. The largest absolute Gasteiger partial charge is 0.573 e. The van der Waals surface area contributed by atoms with E-state index in [9.17, 15) is 18.0 Å². The van der Waals surface area contributed by atoms with E-state index in [0.29, 0.717) is 24.7 Å². The lowest BCUT2D eigenvalue weighted by molar-refractivity contribution is -0.274. The Morgan fingerprint density at radius 1 is 1.06 bits per heavy atom. The van der Waals surface area contributed by atoms with Crippen LogP contribution in [0.25, 0.3) is 11.0 Å². The second-order valence-electron chi connectivity index (χ2n) is 8.50. The van der Waals surface area contributed by atoms with E-state index in [1.165, 1.54) is 29.2 Å². The van der Waals surface area contributed by atoms with Gasteiger partial charge in [-0.15, -0.1) is 13.2 Å². The van der Waals surface area contributed by atoms with Crippen molar-refractivity contribution in [2.24, 2.45) is 0 Å². The van der Waals surface area contributed by atoms with Gasteiger partial charge in [-0.25, -0.2) is 9.78 Å². The van der Waals surface area contributed by atoms with Crippen LogP contribution in [0.1, 0.15) is 0 Å². The molecule has 2 aromatic heterocycles. The molecule has 1 aromatic carbocycles. The SMILES string of the molecule is COc1ccc2nccc(N3CCN(CC4CN(c5ccc(OC(F)(F)F)cc5)C(=O)O4)CC3)c2n1. The van der Waals surface area contributed by atoms with Gasteiger partial charge in [0.2, 0.25) is 5.88 Å². The summed E-state index contributed by atoms with van der Waals surface area (Å²) in [4.78, 5) is 27.3. The van der Waals surface area contributed by atoms with Gasteiger partial charge in [-0.1, -0.05) is 0 Å². The van der Waals surface area contributed by atoms with Crippen molar-refractivity contribution >= 4 is 28.5 Å². The zero-order valence-electron chi connectivity index (χ0n) is 19.4. The number of pyridine rings is 2. The summed E-state index contributed by atoms with van der Waals surface area (Å²) in [7, 11) is 1.58. The number of amides is 1. The third kappa shape index (κ3) is 5.23. The van der Waals surface area contributed by atoms with Gasteiger partial charge >= 0.3 is 12.5 Å². The summed E-state index contributed by atoms with van der Waals surface area (Å²) in [5, 5.41) is 0. The number of anilines is 2. The van der Waals surface area contributed by atoms with E-state index in [4.69, 9.17) is 9.47 Å². The minimum Gasteiger partial charge on any atom is -0.481 e. The smallest absolute Gasteiger partial charge is 0.481 e. The molecule has 0 N–H and O–H groups in total. The second kappa shape index (κ2) is 9.69. The van der Waals surface area contributed by atoms with Crippen molar-refractivity contribution in [2.75, 3.05) is 56.2 Å². The van der Waals surface area contributed by atoms with Crippen molar-refractivity contribution in [3.63, 3.8) is 0 Å². The van der Waals surface area contributed by atoms with E-state index < -0.39 is 12.5 Å². The van der Waals surface area contributed by atoms with Crippen LogP contribution >= 0.6 is 0 Å². The van der Waals surface area contributed by atoms with Crippen LogP contribution in [-0.2, 0) is 4.74 Å². The number of fused-ring (bicyclic) bond motifs is 1. The van der Waals surface area contributed by atoms with Crippen LogP contribution in [0.2, 0.25) is 0 Å². The molecular weight excluding hydrogens is 479 g/mol. The Morgan fingerprint density at radius 2 is 1.81 bits per heavy atom. The van der Waals surface area contributed by atoms with Crippen molar-refractivity contribution in [3.8, 4) is 11.6 Å². The predicted molar refractivity (Wildman–Crippen MR) is 125 cm³/mol. The lowest BCUT2D eigenvalue weighted by atomic mass is 10.2. The number of rotatable bonds is 6. The summed E-state index contributed by atoms with van der Waals surface area (Å²) in [6.45, 7) is 3.95. The van der Waals surface area contributed by atoms with Crippen LogP contribution in [0.5, 0.6) is 11.6 Å². The molecule has 0 bridgehead atoms. The van der Waals surface area contributed by atoms with Crippen molar-refractivity contribution in [2.45, 2.75) is 12.5 Å². The molecule has 1 amide bonds. The number of ether oxygens (including phenoxy) is 3. The maximum Gasteiger partial charge on any atom is 0.573 e. The van der Waals surface area contributed by atoms with Crippen molar-refractivity contribution in [1.82, 2.24) is 14.9 Å². The maximum absolute atomic E-state index is 12.4. The van der Waals surface area contributed by atoms with E-state index in [2.05, 4.69) is 24.5 Å². The molecule has 0 spiro atoms. The number of hydrogen-bond acceptors (Lipinski definition) is 8. The third-order valence-corrected chi connectivity index (χ3v) is 6.18. The molecule has 5 rings (SSSR count). The van der Waals surface area contributed by atoms with Crippen LogP contribution in [0.15, 0.2) is 48.7 Å². The molecule has 9 nitrogen and oxygen atoms in total. The standard InChI is InChI=1S/C24H24F3N5O4/c1-34-21-7-6-19-22(29-21)20(8-9-28-19)31-12-10-30(11-13-31)14-18-15-32(23(33)35-18)16-2-4-17(5-3-16)36-24(25,26)27/h2-9,18H,10-15H2,1H3. The molecule has 1 unspecified atom stereocenters. The normalized spacial score (nSPS) is 19.0. The summed E-state index contributed by atoms with van der Waals surface area (Å²) >= 11 is 0. The van der Waals surface area contributed by atoms with Crippen LogP contribution in [0.4, 0.5) is 29.3 Å². The molecule has 0 radical (unpaired) electrons. The van der Waals surface area contributed by atoms with Gasteiger partial charge < -0.3 is 19.1 Å². The summed E-state index contributed by atoms with van der Waals surface area (Å²) in [6, 6.07) is 10.8. The monoisotopic (exact) mass is 503 g/mol. The molecular formula is C24H24F3N5O4. The van der Waals surface area contributed by atoms with Crippen LogP contribution in [0, 0.1) is 0 Å². The fraction of sp³-hybridized carbons (Fsp3) is 0.375. The minimum atomic E-state index is -4.77. The van der Waals surface area contributed by atoms with E-state index >= 15 is 0 Å². The van der Waals surface area contributed by atoms with Gasteiger partial charge in [0, 0.05) is 50.7 Å². The average molecular weight is 503 g/mol. The lowest BCUT2D eigenvalue weighted by Crippen LogP contribution is -2.49. The number of piperazine rings is 1. The minimum absolute atomic E-state index is 0.317. The molecule has 0 saturated carbocycles. The Labute approximate surface area is 205 Å².